The summed E-state index contributed by atoms with van der Waals surface area (Å²) in [5.41, 5.74) is 7.75. The highest BCUT2D eigenvalue weighted by atomic mass is 16.5. The molecule has 0 spiro atoms. The van der Waals surface area contributed by atoms with Crippen LogP contribution in [0.2, 0.25) is 0 Å². The Bertz CT molecular complexity index is 465. The summed E-state index contributed by atoms with van der Waals surface area (Å²) >= 11 is 0. The number of hydrogen-bond donors (Lipinski definition) is 1. The van der Waals surface area contributed by atoms with Crippen LogP contribution in [0, 0.1) is 0 Å². The SMILES string of the molecule is CN1CCCC(Oc2ccc(C3(CN)CCCCC3)cc2)C1. The first-order chi connectivity index (χ1) is 10.7. The minimum absolute atomic E-state index is 0.210. The van der Waals surface area contributed by atoms with Crippen molar-refractivity contribution < 1.29 is 4.74 Å². The van der Waals surface area contributed by atoms with Gasteiger partial charge in [0.25, 0.3) is 0 Å². The van der Waals surface area contributed by atoms with Gasteiger partial charge < -0.3 is 15.4 Å². The van der Waals surface area contributed by atoms with E-state index in [0.29, 0.717) is 6.10 Å². The molecule has 1 aromatic carbocycles. The maximum Gasteiger partial charge on any atom is 0.119 e. The molecule has 3 rings (SSSR count). The van der Waals surface area contributed by atoms with Gasteiger partial charge in [-0.2, -0.15) is 0 Å². The maximum atomic E-state index is 6.16. The quantitative estimate of drug-likeness (QED) is 0.927. The summed E-state index contributed by atoms with van der Waals surface area (Å²) in [5, 5.41) is 0. The van der Waals surface area contributed by atoms with Crippen LogP contribution < -0.4 is 10.5 Å². The predicted octanol–water partition coefficient (Wildman–Crippen LogP) is 3.32. The van der Waals surface area contributed by atoms with Crippen molar-refractivity contribution in [1.29, 1.82) is 0 Å². The largest absolute Gasteiger partial charge is 0.489 e. The molecule has 0 aromatic heterocycles. The monoisotopic (exact) mass is 302 g/mol. The van der Waals surface area contributed by atoms with E-state index in [9.17, 15) is 0 Å². The number of nitrogens with two attached hydrogens (primary N) is 1. The molecule has 0 amide bonds. The Kier molecular flexibility index (Phi) is 5.04. The zero-order chi connectivity index (χ0) is 15.4. The molecule has 22 heavy (non-hydrogen) atoms. The van der Waals surface area contributed by atoms with E-state index in [0.717, 1.165) is 18.8 Å². The number of hydrogen-bond acceptors (Lipinski definition) is 3. The second-order valence-electron chi connectivity index (χ2n) is 7.21. The smallest absolute Gasteiger partial charge is 0.119 e. The highest BCUT2D eigenvalue weighted by Gasteiger charge is 2.32. The van der Waals surface area contributed by atoms with Crippen LogP contribution in [0.1, 0.15) is 50.5 Å². The van der Waals surface area contributed by atoms with Crippen molar-refractivity contribution in [1.82, 2.24) is 4.90 Å². The predicted molar refractivity (Wildman–Crippen MR) is 91.4 cm³/mol. The summed E-state index contributed by atoms with van der Waals surface area (Å²) in [5.74, 6) is 1.01. The van der Waals surface area contributed by atoms with Crippen molar-refractivity contribution in [2.24, 2.45) is 5.73 Å². The molecule has 1 heterocycles. The summed E-state index contributed by atoms with van der Waals surface area (Å²) in [7, 11) is 2.17. The van der Waals surface area contributed by atoms with Crippen molar-refractivity contribution >= 4 is 0 Å². The second-order valence-corrected chi connectivity index (χ2v) is 7.21. The van der Waals surface area contributed by atoms with E-state index < -0.39 is 0 Å². The fourth-order valence-electron chi connectivity index (χ4n) is 4.13. The Morgan fingerprint density at radius 3 is 2.50 bits per heavy atom. The van der Waals surface area contributed by atoms with Crippen LogP contribution in [0.4, 0.5) is 0 Å². The van der Waals surface area contributed by atoms with Gasteiger partial charge in [0.2, 0.25) is 0 Å². The topological polar surface area (TPSA) is 38.5 Å². The molecule has 122 valence electrons. The molecular weight excluding hydrogens is 272 g/mol. The molecule has 1 saturated carbocycles. The van der Waals surface area contributed by atoms with Gasteiger partial charge in [0.15, 0.2) is 0 Å². The van der Waals surface area contributed by atoms with Crippen molar-refractivity contribution in [3.63, 3.8) is 0 Å². The van der Waals surface area contributed by atoms with Crippen LogP contribution in [-0.4, -0.2) is 37.7 Å². The van der Waals surface area contributed by atoms with Crippen LogP contribution in [0.3, 0.4) is 0 Å². The Morgan fingerprint density at radius 2 is 1.86 bits per heavy atom. The Labute approximate surface area is 134 Å². The molecule has 1 unspecified atom stereocenters. The molecule has 0 bridgehead atoms. The number of benzene rings is 1. The summed E-state index contributed by atoms with van der Waals surface area (Å²) in [6.07, 6.45) is 9.18. The normalized spacial score (nSPS) is 25.8. The third-order valence-electron chi connectivity index (χ3n) is 5.55. The van der Waals surface area contributed by atoms with E-state index in [1.807, 2.05) is 0 Å². The van der Waals surface area contributed by atoms with E-state index in [2.05, 4.69) is 36.2 Å². The summed E-state index contributed by atoms with van der Waals surface area (Å²) in [6, 6.07) is 8.80. The number of nitrogens with zero attached hydrogens (tertiary/aromatic N) is 1. The average molecular weight is 302 g/mol. The lowest BCUT2D eigenvalue weighted by molar-refractivity contribution is 0.104. The molecule has 1 aliphatic heterocycles. The molecule has 1 aliphatic carbocycles. The molecule has 2 N–H and O–H groups in total. The van der Waals surface area contributed by atoms with Crippen LogP contribution in [0.15, 0.2) is 24.3 Å². The highest BCUT2D eigenvalue weighted by Crippen LogP contribution is 2.39. The molecule has 2 aliphatic rings. The molecule has 1 aromatic rings. The lowest BCUT2D eigenvalue weighted by Crippen LogP contribution is -2.38. The second kappa shape index (κ2) is 7.01. The van der Waals surface area contributed by atoms with E-state index in [4.69, 9.17) is 10.5 Å². The number of likely N-dealkylation sites (N-methyl/N-ethyl adjacent to an activating group) is 1. The van der Waals surface area contributed by atoms with Gasteiger partial charge >= 0.3 is 0 Å². The first kappa shape index (κ1) is 15.8. The van der Waals surface area contributed by atoms with Crippen LogP contribution >= 0.6 is 0 Å². The van der Waals surface area contributed by atoms with Crippen LogP contribution in [0.25, 0.3) is 0 Å². The van der Waals surface area contributed by atoms with E-state index in [1.165, 1.54) is 57.1 Å². The first-order valence-electron chi connectivity index (χ1n) is 8.88. The summed E-state index contributed by atoms with van der Waals surface area (Å²) in [6.45, 7) is 2.99. The third kappa shape index (κ3) is 3.47. The highest BCUT2D eigenvalue weighted by molar-refractivity contribution is 5.33. The average Bonchev–Trinajstić information content (AvgIpc) is 2.56. The zero-order valence-corrected chi connectivity index (χ0v) is 13.9. The molecule has 2 fully saturated rings. The van der Waals surface area contributed by atoms with E-state index >= 15 is 0 Å². The molecular formula is C19H30N2O. The van der Waals surface area contributed by atoms with Gasteiger partial charge in [-0.15, -0.1) is 0 Å². The fourth-order valence-corrected chi connectivity index (χ4v) is 4.13. The standard InChI is InChI=1S/C19H30N2O/c1-21-13-5-6-18(14-21)22-17-9-7-16(8-10-17)19(15-20)11-3-2-4-12-19/h7-10,18H,2-6,11-15,20H2,1H3. The minimum Gasteiger partial charge on any atom is -0.489 e. The molecule has 1 atom stereocenters. The number of rotatable bonds is 4. The van der Waals surface area contributed by atoms with Gasteiger partial charge in [0.1, 0.15) is 11.9 Å². The van der Waals surface area contributed by atoms with Gasteiger partial charge in [-0.3, -0.25) is 0 Å². The van der Waals surface area contributed by atoms with E-state index in [1.54, 1.807) is 0 Å². The van der Waals surface area contributed by atoms with Gasteiger partial charge in [-0.25, -0.2) is 0 Å². The number of ether oxygens (including phenoxy) is 1. The third-order valence-corrected chi connectivity index (χ3v) is 5.55. The van der Waals surface area contributed by atoms with Crippen molar-refractivity contribution in [3.05, 3.63) is 29.8 Å². The fraction of sp³-hybridized carbons (Fsp3) is 0.684. The Hall–Kier alpha value is -1.06. The van der Waals surface area contributed by atoms with Gasteiger partial charge in [0, 0.05) is 18.5 Å². The molecule has 0 radical (unpaired) electrons. The van der Waals surface area contributed by atoms with Crippen LogP contribution in [-0.2, 0) is 5.41 Å². The first-order valence-corrected chi connectivity index (χ1v) is 8.88. The molecule has 3 heteroatoms. The molecule has 3 nitrogen and oxygen atoms in total. The maximum absolute atomic E-state index is 6.16. The number of likely N-dealkylation sites (tertiary alicyclic amines) is 1. The van der Waals surface area contributed by atoms with Crippen molar-refractivity contribution in [2.75, 3.05) is 26.7 Å². The summed E-state index contributed by atoms with van der Waals surface area (Å²) < 4.78 is 6.16. The van der Waals surface area contributed by atoms with Crippen molar-refractivity contribution in [2.45, 2.75) is 56.5 Å². The van der Waals surface area contributed by atoms with Crippen LogP contribution in [0.5, 0.6) is 5.75 Å². The van der Waals surface area contributed by atoms with Gasteiger partial charge in [0.05, 0.1) is 0 Å². The molecule has 1 saturated heterocycles. The Morgan fingerprint density at radius 1 is 1.14 bits per heavy atom. The number of piperidine rings is 1. The lowest BCUT2D eigenvalue weighted by Gasteiger charge is -2.37. The summed E-state index contributed by atoms with van der Waals surface area (Å²) in [4.78, 5) is 2.36. The van der Waals surface area contributed by atoms with Gasteiger partial charge in [-0.05, 0) is 57.0 Å². The lowest BCUT2D eigenvalue weighted by atomic mass is 9.69. The zero-order valence-electron chi connectivity index (χ0n) is 13.9. The van der Waals surface area contributed by atoms with Crippen molar-refractivity contribution in [3.8, 4) is 5.75 Å². The van der Waals surface area contributed by atoms with E-state index in [-0.39, 0.29) is 5.41 Å². The minimum atomic E-state index is 0.210. The van der Waals surface area contributed by atoms with Gasteiger partial charge in [-0.1, -0.05) is 31.4 Å². The Balaban J connectivity index is 1.66.